The number of hydrogen-bond acceptors (Lipinski definition) is 6. The number of hydrogen-bond donors (Lipinski definition) is 0. The second-order valence-electron chi connectivity index (χ2n) is 37.5. The van der Waals surface area contributed by atoms with Gasteiger partial charge in [0.15, 0.2) is 0 Å². The molecule has 0 bridgehead atoms. The van der Waals surface area contributed by atoms with Gasteiger partial charge in [0.05, 0.1) is 9.79 Å². The van der Waals surface area contributed by atoms with Gasteiger partial charge >= 0.3 is 23.1 Å². The van der Waals surface area contributed by atoms with Gasteiger partial charge in [-0.25, -0.2) is 16.8 Å². The Balaban J connectivity index is 0.00000228. The zero-order valence-corrected chi connectivity index (χ0v) is 82.1. The topological polar surface area (TPSA) is 114 Å². The van der Waals surface area contributed by atoms with Gasteiger partial charge in [-0.2, -0.15) is 0 Å². The van der Waals surface area contributed by atoms with E-state index in [1.54, 1.807) is 12.1 Å². The van der Waals surface area contributed by atoms with Crippen molar-refractivity contribution >= 4 is 43.3 Å². The third-order valence-corrected chi connectivity index (χ3v) is 27.7. The van der Waals surface area contributed by atoms with Crippen LogP contribution in [0.25, 0.3) is 0 Å². The zero-order valence-electron chi connectivity index (χ0n) is 79.1. The molecule has 0 saturated carbocycles. The summed E-state index contributed by atoms with van der Waals surface area (Å²) >= 11 is 0. The first-order chi connectivity index (χ1) is 57.1. The minimum absolute atomic E-state index is 0. The first-order valence-electron chi connectivity index (χ1n) is 53.2. The molecule has 0 aromatic heterocycles. The van der Waals surface area contributed by atoms with E-state index in [2.05, 4.69) is 13.8 Å². The Hall–Kier alpha value is -0.974. The fourth-order valence-electron chi connectivity index (χ4n) is 18.1. The molecule has 684 valence electrons. The molecule has 2 aromatic carbocycles. The zero-order chi connectivity index (χ0) is 83.4. The van der Waals surface area contributed by atoms with Gasteiger partial charge in [-0.15, -0.1) is 0 Å². The van der Waals surface area contributed by atoms with Crippen molar-refractivity contribution < 1.29 is 25.9 Å². The predicted molar refractivity (Wildman–Crippen MR) is 518 cm³/mol. The molecule has 117 heavy (non-hydrogen) atoms. The van der Waals surface area contributed by atoms with Gasteiger partial charge in [0.25, 0.3) is 0 Å². The summed E-state index contributed by atoms with van der Waals surface area (Å²) in [6.07, 6.45) is 134. The Morgan fingerprint density at radius 3 is 0.376 bits per heavy atom. The quantitative estimate of drug-likeness (QED) is 0.0370. The van der Waals surface area contributed by atoms with Gasteiger partial charge in [-0.05, 0) is 61.1 Å². The van der Waals surface area contributed by atoms with Crippen LogP contribution in [0.2, 0.25) is 0 Å². The SMILES string of the molecule is CCCCCCCCCCCCCCCCCCCCCCCCCCCCCCCCCCCCCCCCCCCCCCCCc1cccc(S(=O)(=O)[O-])c1.CCCCCCCCCCCCCCCCCCCCCCCCCCCCCCCCCCCCCCCCCCCCCCCCc1cccc(S(=O)(=O)[O-])c1.[Mg+2]. The maximum Gasteiger partial charge on any atom is 2.00 e. The molecule has 2 rings (SSSR count). The smallest absolute Gasteiger partial charge is 0.744 e. The molecule has 0 radical (unpaired) electrons. The molecule has 2 aromatic rings. The number of rotatable bonds is 96. The van der Waals surface area contributed by atoms with Gasteiger partial charge in [-0.1, -0.05) is 616 Å². The molecule has 0 aliphatic rings. The van der Waals surface area contributed by atoms with Crippen LogP contribution in [-0.4, -0.2) is 49.0 Å². The third-order valence-electron chi connectivity index (χ3n) is 26.0. The van der Waals surface area contributed by atoms with Crippen molar-refractivity contribution in [3.8, 4) is 0 Å². The molecule has 9 heteroatoms. The van der Waals surface area contributed by atoms with Gasteiger partial charge in [-0.3, -0.25) is 0 Å². The second-order valence-corrected chi connectivity index (χ2v) is 40.3. The monoisotopic (exact) mass is 1680 g/mol. The average Bonchev–Trinajstić information content (AvgIpc) is 0.863. The van der Waals surface area contributed by atoms with E-state index >= 15 is 0 Å². The van der Waals surface area contributed by atoms with E-state index < -0.39 is 20.2 Å². The van der Waals surface area contributed by atoms with E-state index in [0.717, 1.165) is 36.8 Å². The summed E-state index contributed by atoms with van der Waals surface area (Å²) in [5.41, 5.74) is 1.91. The van der Waals surface area contributed by atoms with Crippen LogP contribution in [0.15, 0.2) is 58.3 Å². The van der Waals surface area contributed by atoms with Gasteiger partial charge in [0.1, 0.15) is 20.2 Å². The summed E-state index contributed by atoms with van der Waals surface area (Å²) in [6.45, 7) is 4.61. The van der Waals surface area contributed by atoms with E-state index in [4.69, 9.17) is 0 Å². The molecule has 0 atom stereocenters. The Bertz CT molecular complexity index is 2280. The summed E-state index contributed by atoms with van der Waals surface area (Å²) in [7, 11) is -8.70. The van der Waals surface area contributed by atoms with Crippen molar-refractivity contribution in [1.29, 1.82) is 0 Å². The van der Waals surface area contributed by atoms with Crippen molar-refractivity contribution in [1.82, 2.24) is 0 Å². The summed E-state index contributed by atoms with van der Waals surface area (Å²) in [4.78, 5) is -0.209. The van der Waals surface area contributed by atoms with E-state index in [9.17, 15) is 25.9 Å². The van der Waals surface area contributed by atoms with Gasteiger partial charge in [0.2, 0.25) is 0 Å². The predicted octanol–water partition coefficient (Wildman–Crippen LogP) is 37.8. The van der Waals surface area contributed by atoms with Crippen LogP contribution in [0.1, 0.15) is 616 Å². The molecular formula is C108H202MgO6S2. The molecule has 0 spiro atoms. The van der Waals surface area contributed by atoms with Crippen molar-refractivity contribution in [2.45, 2.75) is 627 Å². The second kappa shape index (κ2) is 95.7. The molecule has 0 heterocycles. The number of unbranched alkanes of at least 4 members (excludes halogenated alkanes) is 90. The minimum atomic E-state index is -4.35. The van der Waals surface area contributed by atoms with Crippen LogP contribution < -0.4 is 0 Å². The van der Waals surface area contributed by atoms with Crippen molar-refractivity contribution in [2.24, 2.45) is 0 Å². The fourth-order valence-corrected chi connectivity index (χ4v) is 19.2. The van der Waals surface area contributed by atoms with Crippen molar-refractivity contribution in [2.75, 3.05) is 0 Å². The summed E-state index contributed by atoms with van der Waals surface area (Å²) < 4.78 is 67.1. The maximum absolute atomic E-state index is 11.2. The van der Waals surface area contributed by atoms with Crippen LogP contribution in [0.5, 0.6) is 0 Å². The Labute approximate surface area is 750 Å². The van der Waals surface area contributed by atoms with Crippen LogP contribution >= 0.6 is 0 Å². The molecule has 0 unspecified atom stereocenters. The Morgan fingerprint density at radius 2 is 0.274 bits per heavy atom. The molecule has 0 amide bonds. The molecule has 6 nitrogen and oxygen atoms in total. The summed E-state index contributed by atoms with van der Waals surface area (Å²) in [6, 6.07) is 13.0. The summed E-state index contributed by atoms with van der Waals surface area (Å²) in [5.74, 6) is 0. The van der Waals surface area contributed by atoms with E-state index in [1.165, 1.54) is 602 Å². The van der Waals surface area contributed by atoms with E-state index in [0.29, 0.717) is 0 Å². The normalized spacial score (nSPS) is 11.8. The fraction of sp³-hybridized carbons (Fsp3) is 0.889. The Morgan fingerprint density at radius 1 is 0.171 bits per heavy atom. The molecule has 0 aliphatic carbocycles. The maximum atomic E-state index is 11.2. The molecule has 0 saturated heterocycles. The minimum Gasteiger partial charge on any atom is -0.744 e. The van der Waals surface area contributed by atoms with Crippen molar-refractivity contribution in [3.63, 3.8) is 0 Å². The number of benzene rings is 2. The molecule has 0 aliphatic heterocycles. The van der Waals surface area contributed by atoms with E-state index in [-0.39, 0.29) is 32.8 Å². The first-order valence-corrected chi connectivity index (χ1v) is 56.0. The van der Waals surface area contributed by atoms with Crippen LogP contribution in [0, 0.1) is 0 Å². The van der Waals surface area contributed by atoms with E-state index in [1.807, 2.05) is 12.1 Å². The van der Waals surface area contributed by atoms with Crippen LogP contribution in [-0.2, 0) is 33.1 Å². The molecule has 0 N–H and O–H groups in total. The van der Waals surface area contributed by atoms with Crippen LogP contribution in [0.3, 0.4) is 0 Å². The largest absolute Gasteiger partial charge is 2.00 e. The Kier molecular flexibility index (Phi) is 94.9. The number of aryl methyl sites for hydroxylation is 2. The van der Waals surface area contributed by atoms with Gasteiger partial charge in [0, 0.05) is 0 Å². The standard InChI is InChI=1S/2C54H102O3S.Mg/c2*1-2-3-4-5-6-7-8-9-10-11-12-13-14-15-16-17-18-19-20-21-22-23-24-25-26-27-28-29-30-31-32-33-34-35-36-37-38-39-40-41-42-43-44-45-46-47-49-53-50-48-51-54(52-53)58(55,56)57;/h2*48,50-52H,2-47,49H2,1H3,(H,55,56,57);/q;;+2/p-2. The molecule has 0 fully saturated rings. The average molecular weight is 1690 g/mol. The van der Waals surface area contributed by atoms with Crippen LogP contribution in [0.4, 0.5) is 0 Å². The third kappa shape index (κ3) is 91.1. The van der Waals surface area contributed by atoms with Crippen molar-refractivity contribution in [3.05, 3.63) is 59.7 Å². The first kappa shape index (κ1) is 116. The van der Waals surface area contributed by atoms with Gasteiger partial charge < -0.3 is 9.11 Å². The summed E-state index contributed by atoms with van der Waals surface area (Å²) in [5, 5.41) is 0. The molecular weight excluding hydrogens is 1480 g/mol.